The van der Waals surface area contributed by atoms with E-state index in [0.29, 0.717) is 6.54 Å². The van der Waals surface area contributed by atoms with Gasteiger partial charge in [-0.05, 0) is 18.2 Å². The van der Waals surface area contributed by atoms with Crippen molar-refractivity contribution >= 4 is 0 Å². The maximum Gasteiger partial charge on any atom is 0.129 e. The summed E-state index contributed by atoms with van der Waals surface area (Å²) in [7, 11) is 1.96. The number of benzene rings is 1. The SMILES string of the molecule is Cn1cnc2c1CCN(C[C@@H](O)c1cc(F)ccc1F)C2. The Morgan fingerprint density at radius 1 is 1.38 bits per heavy atom. The lowest BCUT2D eigenvalue weighted by atomic mass is 10.1. The van der Waals surface area contributed by atoms with E-state index >= 15 is 0 Å². The molecule has 0 amide bonds. The van der Waals surface area contributed by atoms with E-state index in [4.69, 9.17) is 0 Å². The Kier molecular flexibility index (Phi) is 3.73. The zero-order chi connectivity index (χ0) is 15.0. The summed E-state index contributed by atoms with van der Waals surface area (Å²) >= 11 is 0. The molecule has 6 heteroatoms. The molecule has 1 aliphatic heterocycles. The van der Waals surface area contributed by atoms with Gasteiger partial charge >= 0.3 is 0 Å². The van der Waals surface area contributed by atoms with Crippen LogP contribution in [0.3, 0.4) is 0 Å². The normalized spacial score (nSPS) is 16.8. The number of nitrogens with zero attached hydrogens (tertiary/aromatic N) is 3. The minimum Gasteiger partial charge on any atom is -0.387 e. The first-order chi connectivity index (χ1) is 10.0. The van der Waals surface area contributed by atoms with Gasteiger partial charge in [0.2, 0.25) is 0 Å². The zero-order valence-corrected chi connectivity index (χ0v) is 11.8. The van der Waals surface area contributed by atoms with Crippen LogP contribution in [0.15, 0.2) is 24.5 Å². The molecule has 1 N–H and O–H groups in total. The second kappa shape index (κ2) is 5.54. The predicted molar refractivity (Wildman–Crippen MR) is 73.5 cm³/mol. The first-order valence-corrected chi connectivity index (χ1v) is 6.89. The van der Waals surface area contributed by atoms with Crippen molar-refractivity contribution in [1.82, 2.24) is 14.5 Å². The average molecular weight is 293 g/mol. The third-order valence-corrected chi connectivity index (χ3v) is 3.93. The van der Waals surface area contributed by atoms with E-state index in [-0.39, 0.29) is 12.1 Å². The number of hydrogen-bond acceptors (Lipinski definition) is 3. The van der Waals surface area contributed by atoms with E-state index in [1.807, 2.05) is 16.5 Å². The highest BCUT2D eigenvalue weighted by molar-refractivity contribution is 5.22. The Morgan fingerprint density at radius 2 is 2.19 bits per heavy atom. The fourth-order valence-corrected chi connectivity index (χ4v) is 2.78. The van der Waals surface area contributed by atoms with E-state index in [1.54, 1.807) is 6.33 Å². The third kappa shape index (κ3) is 2.82. The van der Waals surface area contributed by atoms with Gasteiger partial charge in [0.25, 0.3) is 0 Å². The number of aliphatic hydroxyl groups excluding tert-OH is 1. The second-order valence-electron chi connectivity index (χ2n) is 5.42. The second-order valence-corrected chi connectivity index (χ2v) is 5.42. The molecule has 2 aromatic rings. The molecule has 0 radical (unpaired) electrons. The lowest BCUT2D eigenvalue weighted by molar-refractivity contribution is 0.101. The smallest absolute Gasteiger partial charge is 0.129 e. The van der Waals surface area contributed by atoms with Crippen molar-refractivity contribution in [3.8, 4) is 0 Å². The van der Waals surface area contributed by atoms with Gasteiger partial charge in [0.05, 0.1) is 18.1 Å². The van der Waals surface area contributed by atoms with Crippen molar-refractivity contribution in [3.63, 3.8) is 0 Å². The Bertz CT molecular complexity index is 656. The van der Waals surface area contributed by atoms with Gasteiger partial charge in [-0.1, -0.05) is 0 Å². The molecule has 0 unspecified atom stereocenters. The first kappa shape index (κ1) is 14.2. The van der Waals surface area contributed by atoms with Crippen LogP contribution in [0.1, 0.15) is 23.1 Å². The number of hydrogen-bond donors (Lipinski definition) is 1. The number of aryl methyl sites for hydroxylation is 1. The fraction of sp³-hybridized carbons (Fsp3) is 0.400. The summed E-state index contributed by atoms with van der Waals surface area (Å²) in [5, 5.41) is 10.2. The largest absolute Gasteiger partial charge is 0.387 e. The van der Waals surface area contributed by atoms with Crippen molar-refractivity contribution < 1.29 is 13.9 Å². The first-order valence-electron chi connectivity index (χ1n) is 6.89. The Hall–Kier alpha value is -1.79. The van der Waals surface area contributed by atoms with Crippen LogP contribution in [0, 0.1) is 11.6 Å². The molecule has 0 spiro atoms. The number of fused-ring (bicyclic) bond motifs is 1. The predicted octanol–water partition coefficient (Wildman–Crippen LogP) is 1.79. The van der Waals surface area contributed by atoms with Crippen molar-refractivity contribution in [1.29, 1.82) is 0 Å². The lowest BCUT2D eigenvalue weighted by Gasteiger charge is -2.28. The van der Waals surface area contributed by atoms with Crippen LogP contribution >= 0.6 is 0 Å². The summed E-state index contributed by atoms with van der Waals surface area (Å²) in [6.45, 7) is 1.64. The molecule has 0 bridgehead atoms. The van der Waals surface area contributed by atoms with Gasteiger partial charge in [-0.15, -0.1) is 0 Å². The number of halogens is 2. The molecular weight excluding hydrogens is 276 g/mol. The fourth-order valence-electron chi connectivity index (χ4n) is 2.78. The summed E-state index contributed by atoms with van der Waals surface area (Å²) in [5.74, 6) is -1.13. The van der Waals surface area contributed by atoms with Crippen molar-refractivity contribution in [2.75, 3.05) is 13.1 Å². The summed E-state index contributed by atoms with van der Waals surface area (Å²) in [4.78, 5) is 6.33. The third-order valence-electron chi connectivity index (χ3n) is 3.93. The minimum atomic E-state index is -1.05. The molecule has 0 fully saturated rings. The van der Waals surface area contributed by atoms with Crippen LogP contribution < -0.4 is 0 Å². The van der Waals surface area contributed by atoms with Gasteiger partial charge in [-0.3, -0.25) is 4.90 Å². The molecule has 112 valence electrons. The summed E-state index contributed by atoms with van der Waals surface area (Å²) in [5.41, 5.74) is 2.18. The average Bonchev–Trinajstić information content (AvgIpc) is 2.82. The molecule has 0 aliphatic carbocycles. The molecule has 1 aliphatic rings. The van der Waals surface area contributed by atoms with Gasteiger partial charge in [-0.25, -0.2) is 13.8 Å². The molecule has 1 atom stereocenters. The highest BCUT2D eigenvalue weighted by Gasteiger charge is 2.23. The number of aromatic nitrogens is 2. The van der Waals surface area contributed by atoms with Crippen LogP contribution in [-0.2, 0) is 20.0 Å². The summed E-state index contributed by atoms with van der Waals surface area (Å²) < 4.78 is 28.8. The van der Waals surface area contributed by atoms with Crippen LogP contribution in [0.2, 0.25) is 0 Å². The Labute approximate surface area is 121 Å². The highest BCUT2D eigenvalue weighted by Crippen LogP contribution is 2.23. The minimum absolute atomic E-state index is 0.00168. The maximum atomic E-state index is 13.7. The molecule has 1 aromatic carbocycles. The molecule has 0 saturated carbocycles. The van der Waals surface area contributed by atoms with Crippen LogP contribution in [0.5, 0.6) is 0 Å². The van der Waals surface area contributed by atoms with Gasteiger partial charge in [0.1, 0.15) is 11.6 Å². The van der Waals surface area contributed by atoms with Gasteiger partial charge in [-0.2, -0.15) is 0 Å². The van der Waals surface area contributed by atoms with Crippen molar-refractivity contribution in [3.05, 3.63) is 53.1 Å². The Balaban J connectivity index is 1.71. The van der Waals surface area contributed by atoms with E-state index < -0.39 is 17.7 Å². The number of imidazole rings is 1. The van der Waals surface area contributed by atoms with E-state index in [9.17, 15) is 13.9 Å². The highest BCUT2D eigenvalue weighted by atomic mass is 19.1. The van der Waals surface area contributed by atoms with E-state index in [0.717, 1.165) is 36.9 Å². The van der Waals surface area contributed by atoms with Gasteiger partial charge in [0, 0.05) is 44.4 Å². The monoisotopic (exact) mass is 293 g/mol. The maximum absolute atomic E-state index is 13.7. The number of β-amino-alcohol motifs (C(OH)–C–C–N with tert-alkyl or cyclic N) is 1. The van der Waals surface area contributed by atoms with Crippen molar-refractivity contribution in [2.24, 2.45) is 7.05 Å². The molecule has 21 heavy (non-hydrogen) atoms. The molecule has 0 saturated heterocycles. The Morgan fingerprint density at radius 3 is 3.00 bits per heavy atom. The summed E-state index contributed by atoms with van der Waals surface area (Å²) in [6.07, 6.45) is 1.56. The lowest BCUT2D eigenvalue weighted by Crippen LogP contribution is -2.34. The molecule has 3 rings (SSSR count). The molecule has 4 nitrogen and oxygen atoms in total. The standard InChI is InChI=1S/C15H17F2N3O/c1-19-9-18-13-7-20(5-4-14(13)19)8-15(21)11-6-10(16)2-3-12(11)17/h2-3,6,9,15,21H,4-5,7-8H2,1H3/t15-/m1/s1. The topological polar surface area (TPSA) is 41.3 Å². The molecule has 1 aromatic heterocycles. The van der Waals surface area contributed by atoms with E-state index in [2.05, 4.69) is 4.98 Å². The van der Waals surface area contributed by atoms with Gasteiger partial charge < -0.3 is 9.67 Å². The summed E-state index contributed by atoms with van der Waals surface area (Å²) in [6, 6.07) is 3.14. The number of aliphatic hydroxyl groups is 1. The van der Waals surface area contributed by atoms with Crippen molar-refractivity contribution in [2.45, 2.75) is 19.1 Å². The van der Waals surface area contributed by atoms with Crippen LogP contribution in [-0.4, -0.2) is 32.6 Å². The molecular formula is C15H17F2N3O. The van der Waals surface area contributed by atoms with Crippen LogP contribution in [0.4, 0.5) is 8.78 Å². The van der Waals surface area contributed by atoms with Crippen LogP contribution in [0.25, 0.3) is 0 Å². The zero-order valence-electron chi connectivity index (χ0n) is 11.8. The number of rotatable bonds is 3. The van der Waals surface area contributed by atoms with E-state index in [1.165, 1.54) is 5.69 Å². The quantitative estimate of drug-likeness (QED) is 0.938. The van der Waals surface area contributed by atoms with Gasteiger partial charge in [0.15, 0.2) is 0 Å². The molecule has 2 heterocycles.